The number of aromatic nitrogens is 1. The summed E-state index contributed by atoms with van der Waals surface area (Å²) in [6.45, 7) is 3.49. The van der Waals surface area contributed by atoms with E-state index >= 15 is 0 Å². The lowest BCUT2D eigenvalue weighted by molar-refractivity contribution is 0.0997. The number of hydrogen-bond donors (Lipinski definition) is 0. The minimum absolute atomic E-state index is 0.0514. The lowest BCUT2D eigenvalue weighted by Gasteiger charge is -2.30. The Morgan fingerprint density at radius 2 is 1.85 bits per heavy atom. The van der Waals surface area contributed by atoms with Crippen molar-refractivity contribution >= 4 is 27.5 Å². The number of hydrogen-bond acceptors (Lipinski definition) is 3. The fraction of sp³-hybridized carbons (Fsp3) is 0.280. The quantitative estimate of drug-likeness (QED) is 0.541. The molecule has 172 valence electrons. The fourth-order valence-electron chi connectivity index (χ4n) is 3.99. The van der Waals surface area contributed by atoms with Gasteiger partial charge in [-0.1, -0.05) is 54.9 Å². The van der Waals surface area contributed by atoms with Crippen LogP contribution >= 0.6 is 11.6 Å². The minimum Gasteiger partial charge on any atom is -0.328 e. The zero-order valence-electron chi connectivity index (χ0n) is 18.4. The van der Waals surface area contributed by atoms with E-state index in [1.165, 1.54) is 22.5 Å². The highest BCUT2D eigenvalue weighted by Crippen LogP contribution is 2.29. The first-order valence-electron chi connectivity index (χ1n) is 10.9. The number of carbonyl (C=O) groups excluding carboxylic acids is 1. The van der Waals surface area contributed by atoms with Crippen molar-refractivity contribution in [2.75, 3.05) is 13.1 Å². The molecule has 1 aromatic heterocycles. The molecular weight excluding hydrogens is 458 g/mol. The summed E-state index contributed by atoms with van der Waals surface area (Å²) in [5.74, 6) is -0.242. The van der Waals surface area contributed by atoms with Gasteiger partial charge in [0, 0.05) is 31.4 Å². The van der Waals surface area contributed by atoms with E-state index in [0.717, 1.165) is 18.4 Å². The van der Waals surface area contributed by atoms with Crippen molar-refractivity contribution in [2.24, 2.45) is 10.9 Å². The summed E-state index contributed by atoms with van der Waals surface area (Å²) in [6, 6.07) is 19.6. The summed E-state index contributed by atoms with van der Waals surface area (Å²) in [7, 11) is -3.80. The average Bonchev–Trinajstić information content (AvgIpc) is 2.81. The monoisotopic (exact) mass is 483 g/mol. The summed E-state index contributed by atoms with van der Waals surface area (Å²) in [5.41, 5.74) is 1.74. The Morgan fingerprint density at radius 1 is 1.09 bits per heavy atom. The normalized spacial score (nSPS) is 17.8. The Balaban J connectivity index is 1.66. The molecular formula is C25H26ClN3O3S. The van der Waals surface area contributed by atoms with Gasteiger partial charge in [-0.15, -0.1) is 0 Å². The maximum absolute atomic E-state index is 13.2. The highest BCUT2D eigenvalue weighted by molar-refractivity contribution is 7.89. The molecule has 1 saturated heterocycles. The maximum Gasteiger partial charge on any atom is 0.278 e. The van der Waals surface area contributed by atoms with Crippen LogP contribution in [0.1, 0.15) is 35.7 Å². The molecule has 2 aromatic carbocycles. The van der Waals surface area contributed by atoms with Gasteiger partial charge in [0.2, 0.25) is 10.0 Å². The third-order valence-electron chi connectivity index (χ3n) is 5.74. The third-order valence-corrected chi connectivity index (χ3v) is 8.09. The van der Waals surface area contributed by atoms with Crippen LogP contribution in [0.15, 0.2) is 82.8 Å². The van der Waals surface area contributed by atoms with Gasteiger partial charge in [0.25, 0.3) is 5.91 Å². The maximum atomic E-state index is 13.2. The van der Waals surface area contributed by atoms with E-state index in [4.69, 9.17) is 11.6 Å². The first kappa shape index (κ1) is 23.4. The van der Waals surface area contributed by atoms with Crippen molar-refractivity contribution in [1.82, 2.24) is 8.87 Å². The second-order valence-electron chi connectivity index (χ2n) is 8.34. The predicted octanol–water partition coefficient (Wildman–Crippen LogP) is 4.35. The fourth-order valence-corrected chi connectivity index (χ4v) is 6.09. The molecule has 1 amide bonds. The first-order chi connectivity index (χ1) is 15.8. The molecule has 0 radical (unpaired) electrons. The van der Waals surface area contributed by atoms with Crippen LogP contribution in [-0.2, 0) is 16.6 Å². The van der Waals surface area contributed by atoms with E-state index in [-0.39, 0.29) is 21.4 Å². The molecule has 1 unspecified atom stereocenters. The number of benzene rings is 2. The van der Waals surface area contributed by atoms with Crippen molar-refractivity contribution in [2.45, 2.75) is 31.2 Å². The molecule has 1 fully saturated rings. The van der Waals surface area contributed by atoms with E-state index < -0.39 is 15.9 Å². The van der Waals surface area contributed by atoms with Crippen LogP contribution in [0.3, 0.4) is 0 Å². The summed E-state index contributed by atoms with van der Waals surface area (Å²) in [6.07, 6.45) is 3.66. The second kappa shape index (κ2) is 10.0. The number of nitrogens with zero attached hydrogens (tertiary/aromatic N) is 3. The summed E-state index contributed by atoms with van der Waals surface area (Å²) >= 11 is 6.26. The van der Waals surface area contributed by atoms with E-state index in [1.54, 1.807) is 6.07 Å². The summed E-state index contributed by atoms with van der Waals surface area (Å²) in [4.78, 5) is 17.2. The van der Waals surface area contributed by atoms with Crippen LogP contribution in [0.2, 0.25) is 5.02 Å². The van der Waals surface area contributed by atoms with Crippen LogP contribution in [-0.4, -0.2) is 36.3 Å². The molecule has 8 heteroatoms. The first-order valence-corrected chi connectivity index (χ1v) is 12.7. The van der Waals surface area contributed by atoms with Crippen LogP contribution < -0.4 is 5.49 Å². The van der Waals surface area contributed by atoms with Crippen LogP contribution in [0.5, 0.6) is 0 Å². The van der Waals surface area contributed by atoms with Gasteiger partial charge in [0.1, 0.15) is 10.4 Å². The smallest absolute Gasteiger partial charge is 0.278 e. The van der Waals surface area contributed by atoms with Gasteiger partial charge >= 0.3 is 0 Å². The Hall–Kier alpha value is -2.74. The van der Waals surface area contributed by atoms with E-state index in [2.05, 4.69) is 4.99 Å². The van der Waals surface area contributed by atoms with Crippen molar-refractivity contribution in [3.05, 3.63) is 94.6 Å². The van der Waals surface area contributed by atoms with E-state index in [1.807, 2.05) is 60.2 Å². The zero-order chi connectivity index (χ0) is 23.4. The molecule has 0 N–H and O–H groups in total. The highest BCUT2D eigenvalue weighted by atomic mass is 35.5. The van der Waals surface area contributed by atoms with E-state index in [9.17, 15) is 13.2 Å². The van der Waals surface area contributed by atoms with Gasteiger partial charge in [-0.05, 0) is 54.7 Å². The topological polar surface area (TPSA) is 71.7 Å². The molecule has 4 rings (SSSR count). The molecule has 0 bridgehead atoms. The highest BCUT2D eigenvalue weighted by Gasteiger charge is 2.30. The lowest BCUT2D eigenvalue weighted by atomic mass is 10.0. The molecule has 0 saturated carbocycles. The summed E-state index contributed by atoms with van der Waals surface area (Å²) in [5, 5.41) is 0.101. The molecule has 33 heavy (non-hydrogen) atoms. The number of pyridine rings is 1. The third kappa shape index (κ3) is 5.43. The molecule has 2 heterocycles. The molecule has 1 aliphatic heterocycles. The summed E-state index contributed by atoms with van der Waals surface area (Å²) < 4.78 is 29.8. The Bertz CT molecular complexity index is 1320. The molecule has 1 aliphatic rings. The van der Waals surface area contributed by atoms with E-state index in [0.29, 0.717) is 25.1 Å². The predicted molar refractivity (Wildman–Crippen MR) is 128 cm³/mol. The lowest BCUT2D eigenvalue weighted by Crippen LogP contribution is -2.39. The van der Waals surface area contributed by atoms with Crippen LogP contribution in [0.25, 0.3) is 0 Å². The van der Waals surface area contributed by atoms with Crippen molar-refractivity contribution in [3.8, 4) is 0 Å². The van der Waals surface area contributed by atoms with Crippen molar-refractivity contribution in [1.29, 1.82) is 0 Å². The molecule has 0 aliphatic carbocycles. The number of piperidine rings is 1. The Morgan fingerprint density at radius 3 is 2.61 bits per heavy atom. The standard InChI is InChI=1S/C25H26ClN3O3S/c1-19-8-7-15-29(17-19)33(31,32)23-16-21(12-13-22(23)26)25(30)27-24-11-5-6-14-28(24)18-20-9-3-2-4-10-20/h2-6,9-14,16,19H,7-8,15,17-18H2,1H3. The van der Waals surface area contributed by atoms with Crippen molar-refractivity contribution in [3.63, 3.8) is 0 Å². The van der Waals surface area contributed by atoms with Crippen LogP contribution in [0, 0.1) is 5.92 Å². The van der Waals surface area contributed by atoms with Crippen molar-refractivity contribution < 1.29 is 13.2 Å². The number of rotatable bonds is 5. The van der Waals surface area contributed by atoms with Gasteiger partial charge in [0.15, 0.2) is 0 Å². The van der Waals surface area contributed by atoms with Gasteiger partial charge in [0.05, 0.1) is 5.02 Å². The second-order valence-corrected chi connectivity index (χ2v) is 10.7. The Labute approximate surface area is 199 Å². The average molecular weight is 484 g/mol. The molecule has 3 aromatic rings. The Kier molecular flexibility index (Phi) is 7.12. The number of sulfonamides is 1. The zero-order valence-corrected chi connectivity index (χ0v) is 20.0. The number of carbonyl (C=O) groups is 1. The van der Waals surface area contributed by atoms with Gasteiger partial charge in [-0.25, -0.2) is 8.42 Å². The SMILES string of the molecule is CC1CCCN(S(=O)(=O)c2cc(C(=O)N=c3ccccn3Cc3ccccc3)ccc2Cl)C1. The molecule has 1 atom stereocenters. The number of amides is 1. The van der Waals surface area contributed by atoms with Gasteiger partial charge in [-0.2, -0.15) is 9.30 Å². The van der Waals surface area contributed by atoms with Gasteiger partial charge in [-0.3, -0.25) is 4.79 Å². The minimum atomic E-state index is -3.80. The number of halogens is 1. The molecule has 0 spiro atoms. The van der Waals surface area contributed by atoms with Gasteiger partial charge < -0.3 is 4.57 Å². The largest absolute Gasteiger partial charge is 0.328 e. The van der Waals surface area contributed by atoms with Crippen LogP contribution in [0.4, 0.5) is 0 Å². The molecule has 6 nitrogen and oxygen atoms in total.